The zero-order valence-corrected chi connectivity index (χ0v) is 12.8. The van der Waals surface area contributed by atoms with E-state index in [1.807, 2.05) is 19.1 Å². The van der Waals surface area contributed by atoms with Gasteiger partial charge in [-0.3, -0.25) is 9.59 Å². The van der Waals surface area contributed by atoms with Crippen molar-refractivity contribution in [2.45, 2.75) is 13.8 Å². The van der Waals surface area contributed by atoms with Gasteiger partial charge in [0.1, 0.15) is 5.75 Å². The van der Waals surface area contributed by atoms with Gasteiger partial charge in [-0.1, -0.05) is 17.7 Å². The fourth-order valence-electron chi connectivity index (χ4n) is 1.78. The van der Waals surface area contributed by atoms with Gasteiger partial charge in [0.2, 0.25) is 0 Å². The van der Waals surface area contributed by atoms with E-state index in [0.29, 0.717) is 11.4 Å². The number of anilines is 1. The third-order valence-electron chi connectivity index (χ3n) is 3.13. The van der Waals surface area contributed by atoms with E-state index in [-0.39, 0.29) is 5.75 Å². The summed E-state index contributed by atoms with van der Waals surface area (Å²) in [4.78, 5) is 23.5. The molecule has 0 radical (unpaired) electrons. The summed E-state index contributed by atoms with van der Waals surface area (Å²) < 4.78 is 0. The van der Waals surface area contributed by atoms with Gasteiger partial charge in [0.05, 0.1) is 5.71 Å². The van der Waals surface area contributed by atoms with Crippen LogP contribution < -0.4 is 10.7 Å². The maximum atomic E-state index is 11.8. The van der Waals surface area contributed by atoms with Crippen LogP contribution in [0.3, 0.4) is 0 Å². The van der Waals surface area contributed by atoms with Crippen molar-refractivity contribution < 1.29 is 14.7 Å². The number of benzene rings is 2. The van der Waals surface area contributed by atoms with Crippen LogP contribution in [0.15, 0.2) is 53.6 Å². The number of hydrazone groups is 1. The standard InChI is InChI=1S/C17H17N3O3/c1-11-3-7-14(8-4-11)18-16(22)17(23)20-19-12(2)13-5-9-15(21)10-6-13/h3-10,21H,1-2H3,(H,18,22)(H,20,23). The van der Waals surface area contributed by atoms with Crippen LogP contribution >= 0.6 is 0 Å². The second-order valence-electron chi connectivity index (χ2n) is 5.01. The van der Waals surface area contributed by atoms with Crippen molar-refractivity contribution in [3.8, 4) is 5.75 Å². The van der Waals surface area contributed by atoms with Gasteiger partial charge in [0, 0.05) is 5.69 Å². The number of nitrogens with one attached hydrogen (secondary N) is 2. The molecule has 0 atom stereocenters. The molecule has 0 saturated heterocycles. The molecule has 0 fully saturated rings. The number of aromatic hydroxyl groups is 1. The minimum Gasteiger partial charge on any atom is -0.508 e. The molecule has 2 amide bonds. The molecule has 2 aromatic carbocycles. The van der Waals surface area contributed by atoms with Gasteiger partial charge in [0.25, 0.3) is 0 Å². The van der Waals surface area contributed by atoms with Gasteiger partial charge in [-0.15, -0.1) is 0 Å². The Morgan fingerprint density at radius 1 is 0.957 bits per heavy atom. The number of phenols is 1. The maximum absolute atomic E-state index is 11.8. The van der Waals surface area contributed by atoms with Gasteiger partial charge in [-0.2, -0.15) is 5.10 Å². The molecule has 6 nitrogen and oxygen atoms in total. The summed E-state index contributed by atoms with van der Waals surface area (Å²) in [6.45, 7) is 3.61. The molecule has 0 aliphatic heterocycles. The summed E-state index contributed by atoms with van der Waals surface area (Å²) in [6, 6.07) is 13.4. The Labute approximate surface area is 133 Å². The molecule has 0 saturated carbocycles. The quantitative estimate of drug-likeness (QED) is 0.461. The Balaban J connectivity index is 1.95. The molecule has 3 N–H and O–H groups in total. The minimum atomic E-state index is -0.858. The zero-order chi connectivity index (χ0) is 16.8. The van der Waals surface area contributed by atoms with Crippen LogP contribution in [-0.2, 0) is 9.59 Å². The number of carbonyl (C=O) groups is 2. The SMILES string of the molecule is CC(=NNC(=O)C(=O)Nc1ccc(C)cc1)c1ccc(O)cc1. The predicted octanol–water partition coefficient (Wildman–Crippen LogP) is 2.18. The molecule has 2 rings (SSSR count). The molecular formula is C17H17N3O3. The number of nitrogens with zero attached hydrogens (tertiary/aromatic N) is 1. The highest BCUT2D eigenvalue weighted by atomic mass is 16.3. The normalized spacial score (nSPS) is 11.0. The van der Waals surface area contributed by atoms with E-state index in [0.717, 1.165) is 11.1 Å². The highest BCUT2D eigenvalue weighted by Gasteiger charge is 2.13. The Bertz CT molecular complexity index is 735. The lowest BCUT2D eigenvalue weighted by Gasteiger charge is -2.05. The first-order chi connectivity index (χ1) is 11.0. The molecule has 0 heterocycles. The number of rotatable bonds is 3. The summed E-state index contributed by atoms with van der Waals surface area (Å²) in [5.74, 6) is -1.51. The van der Waals surface area contributed by atoms with E-state index >= 15 is 0 Å². The average Bonchev–Trinajstić information content (AvgIpc) is 2.55. The number of amides is 2. The lowest BCUT2D eigenvalue weighted by Crippen LogP contribution is -2.32. The van der Waals surface area contributed by atoms with Crippen molar-refractivity contribution in [2.24, 2.45) is 5.10 Å². The van der Waals surface area contributed by atoms with E-state index in [2.05, 4.69) is 15.8 Å². The van der Waals surface area contributed by atoms with E-state index < -0.39 is 11.8 Å². The topological polar surface area (TPSA) is 90.8 Å². The Morgan fingerprint density at radius 3 is 2.17 bits per heavy atom. The minimum absolute atomic E-state index is 0.142. The van der Waals surface area contributed by atoms with Gasteiger partial charge < -0.3 is 10.4 Å². The highest BCUT2D eigenvalue weighted by Crippen LogP contribution is 2.10. The first-order valence-corrected chi connectivity index (χ1v) is 6.97. The van der Waals surface area contributed by atoms with Crippen LogP contribution in [0.1, 0.15) is 18.1 Å². The van der Waals surface area contributed by atoms with Crippen molar-refractivity contribution >= 4 is 23.2 Å². The molecular weight excluding hydrogens is 294 g/mol. The zero-order valence-electron chi connectivity index (χ0n) is 12.8. The monoisotopic (exact) mass is 311 g/mol. The highest BCUT2D eigenvalue weighted by molar-refractivity contribution is 6.39. The van der Waals surface area contributed by atoms with Crippen molar-refractivity contribution in [1.82, 2.24) is 5.43 Å². The average molecular weight is 311 g/mol. The Kier molecular flexibility index (Phi) is 5.09. The smallest absolute Gasteiger partial charge is 0.329 e. The third kappa shape index (κ3) is 4.67. The lowest BCUT2D eigenvalue weighted by atomic mass is 10.1. The number of hydrogen-bond donors (Lipinski definition) is 3. The van der Waals surface area contributed by atoms with Gasteiger partial charge in [-0.05, 0) is 55.8 Å². The second kappa shape index (κ2) is 7.22. The first kappa shape index (κ1) is 16.2. The molecule has 23 heavy (non-hydrogen) atoms. The van der Waals surface area contributed by atoms with E-state index in [4.69, 9.17) is 0 Å². The number of hydrogen-bond acceptors (Lipinski definition) is 4. The maximum Gasteiger partial charge on any atom is 0.329 e. The van der Waals surface area contributed by atoms with Crippen molar-refractivity contribution in [3.63, 3.8) is 0 Å². The second-order valence-corrected chi connectivity index (χ2v) is 5.01. The van der Waals surface area contributed by atoms with Crippen molar-refractivity contribution in [2.75, 3.05) is 5.32 Å². The molecule has 0 aliphatic carbocycles. The van der Waals surface area contributed by atoms with Crippen molar-refractivity contribution in [1.29, 1.82) is 0 Å². The molecule has 0 aliphatic rings. The van der Waals surface area contributed by atoms with Crippen LogP contribution in [0.25, 0.3) is 0 Å². The van der Waals surface area contributed by atoms with Crippen LogP contribution in [0.2, 0.25) is 0 Å². The van der Waals surface area contributed by atoms with E-state index in [1.165, 1.54) is 12.1 Å². The molecule has 0 aromatic heterocycles. The Hall–Kier alpha value is -3.15. The lowest BCUT2D eigenvalue weighted by molar-refractivity contribution is -0.136. The van der Waals surface area contributed by atoms with Crippen LogP contribution in [-0.4, -0.2) is 22.6 Å². The van der Waals surface area contributed by atoms with Crippen LogP contribution in [0.5, 0.6) is 5.75 Å². The van der Waals surface area contributed by atoms with Crippen LogP contribution in [0, 0.1) is 6.92 Å². The summed E-state index contributed by atoms with van der Waals surface area (Å²) in [7, 11) is 0. The van der Waals surface area contributed by atoms with Gasteiger partial charge in [0.15, 0.2) is 0 Å². The molecule has 118 valence electrons. The van der Waals surface area contributed by atoms with Crippen molar-refractivity contribution in [3.05, 3.63) is 59.7 Å². The number of aryl methyl sites for hydroxylation is 1. The fourth-order valence-corrected chi connectivity index (χ4v) is 1.78. The third-order valence-corrected chi connectivity index (χ3v) is 3.13. The molecule has 0 bridgehead atoms. The van der Waals surface area contributed by atoms with Crippen LogP contribution in [0.4, 0.5) is 5.69 Å². The number of phenolic OH excluding ortho intramolecular Hbond substituents is 1. The summed E-state index contributed by atoms with van der Waals surface area (Å²) in [5, 5.41) is 15.6. The summed E-state index contributed by atoms with van der Waals surface area (Å²) in [5.41, 5.74) is 5.03. The van der Waals surface area contributed by atoms with E-state index in [1.54, 1.807) is 31.2 Å². The van der Waals surface area contributed by atoms with Gasteiger partial charge >= 0.3 is 11.8 Å². The molecule has 0 spiro atoms. The summed E-state index contributed by atoms with van der Waals surface area (Å²) in [6.07, 6.45) is 0. The molecule has 2 aromatic rings. The fraction of sp³-hybridized carbons (Fsp3) is 0.118. The Morgan fingerprint density at radius 2 is 1.57 bits per heavy atom. The first-order valence-electron chi connectivity index (χ1n) is 6.97. The largest absolute Gasteiger partial charge is 0.508 e. The summed E-state index contributed by atoms with van der Waals surface area (Å²) >= 11 is 0. The molecule has 0 unspecified atom stereocenters. The van der Waals surface area contributed by atoms with E-state index in [9.17, 15) is 14.7 Å². The molecule has 6 heteroatoms. The predicted molar refractivity (Wildman–Crippen MR) is 88.3 cm³/mol. The van der Waals surface area contributed by atoms with Gasteiger partial charge in [-0.25, -0.2) is 5.43 Å². The number of carbonyl (C=O) groups excluding carboxylic acids is 2.